The van der Waals surface area contributed by atoms with Crippen LogP contribution < -0.4 is 25.8 Å². The minimum absolute atomic E-state index is 0. The number of aliphatic hydroxyl groups is 1. The normalized spacial score (nSPS) is 11.7. The number of aliphatic hydroxyl groups excluding tert-OH is 1. The number of hydrogen-bond acceptors (Lipinski definition) is 6. The molecule has 0 saturated carbocycles. The number of ether oxygens (including phenoxy) is 1. The van der Waals surface area contributed by atoms with Gasteiger partial charge in [0, 0.05) is 17.9 Å². The molecule has 3 aromatic rings. The summed E-state index contributed by atoms with van der Waals surface area (Å²) >= 11 is 5.31. The van der Waals surface area contributed by atoms with Crippen LogP contribution in [0.1, 0.15) is 5.56 Å². The minimum Gasteiger partial charge on any atom is -0.491 e. The number of nitrogens with two attached hydrogens (primary N) is 1. The second-order valence-electron chi connectivity index (χ2n) is 7.58. The molecule has 0 bridgehead atoms. The first-order valence-electron chi connectivity index (χ1n) is 10.7. The quantitative estimate of drug-likeness (QED) is 0.187. The van der Waals surface area contributed by atoms with E-state index in [0.717, 1.165) is 30.0 Å². The van der Waals surface area contributed by atoms with Crippen LogP contribution >= 0.6 is 24.6 Å². The van der Waals surface area contributed by atoms with Gasteiger partial charge < -0.3 is 25.8 Å². The Morgan fingerprint density at radius 2 is 1.51 bits per heavy atom. The Morgan fingerprint density at radius 1 is 0.943 bits per heavy atom. The van der Waals surface area contributed by atoms with Crippen molar-refractivity contribution in [1.82, 2.24) is 5.32 Å². The molecule has 6 N–H and O–H groups in total. The van der Waals surface area contributed by atoms with Crippen molar-refractivity contribution in [3.8, 4) is 5.75 Å². The molecule has 0 saturated heterocycles. The second kappa shape index (κ2) is 14.0. The van der Waals surface area contributed by atoms with Gasteiger partial charge in [-0.25, -0.2) is 13.6 Å². The van der Waals surface area contributed by atoms with Crippen molar-refractivity contribution in [3.05, 3.63) is 84.4 Å². The second-order valence-corrected chi connectivity index (χ2v) is 9.55. The summed E-state index contributed by atoms with van der Waals surface area (Å²) in [5.74, 6) is 0.741. The number of thiocarbonyl (C=S) groups is 1. The lowest BCUT2D eigenvalue weighted by molar-refractivity contribution is 0.106. The van der Waals surface area contributed by atoms with Crippen molar-refractivity contribution in [2.75, 3.05) is 30.3 Å². The van der Waals surface area contributed by atoms with E-state index in [9.17, 15) is 13.5 Å². The highest BCUT2D eigenvalue weighted by atomic mass is 35.5. The average Bonchev–Trinajstić information content (AvgIpc) is 2.82. The molecule has 8 nitrogen and oxygen atoms in total. The van der Waals surface area contributed by atoms with Gasteiger partial charge in [-0.3, -0.25) is 0 Å². The topological polar surface area (TPSA) is 126 Å². The third-order valence-corrected chi connectivity index (χ3v) is 5.94. The molecule has 0 heterocycles. The number of para-hydroxylation sites is 1. The fourth-order valence-corrected chi connectivity index (χ4v) is 3.80. The lowest BCUT2D eigenvalue weighted by atomic mass is 10.1. The van der Waals surface area contributed by atoms with Crippen molar-refractivity contribution < 1.29 is 18.3 Å². The van der Waals surface area contributed by atoms with Crippen LogP contribution in [0.3, 0.4) is 0 Å². The lowest BCUT2D eigenvalue weighted by Gasteiger charge is -2.13. The number of sulfonamides is 1. The summed E-state index contributed by atoms with van der Waals surface area (Å²) in [6.45, 7) is 1.41. The van der Waals surface area contributed by atoms with Gasteiger partial charge in [0.1, 0.15) is 18.5 Å². The van der Waals surface area contributed by atoms with Gasteiger partial charge in [-0.1, -0.05) is 30.3 Å². The van der Waals surface area contributed by atoms with Crippen LogP contribution in [0.15, 0.2) is 83.8 Å². The van der Waals surface area contributed by atoms with Gasteiger partial charge >= 0.3 is 0 Å². The maximum Gasteiger partial charge on any atom is 0.238 e. The molecule has 0 aliphatic carbocycles. The Labute approximate surface area is 217 Å². The Hall–Kier alpha value is -2.73. The highest BCUT2D eigenvalue weighted by molar-refractivity contribution is 7.89. The Morgan fingerprint density at radius 3 is 2.09 bits per heavy atom. The van der Waals surface area contributed by atoms with E-state index in [1.165, 1.54) is 12.1 Å². The van der Waals surface area contributed by atoms with E-state index in [1.54, 1.807) is 12.1 Å². The number of rotatable bonds is 11. The third kappa shape index (κ3) is 10.2. The number of anilines is 2. The largest absolute Gasteiger partial charge is 0.491 e. The van der Waals surface area contributed by atoms with Gasteiger partial charge in [-0.15, -0.1) is 12.4 Å². The molecule has 1 atom stereocenters. The summed E-state index contributed by atoms with van der Waals surface area (Å²) in [5, 5.41) is 24.8. The molecule has 0 spiro atoms. The molecule has 35 heavy (non-hydrogen) atoms. The predicted octanol–water partition coefficient (Wildman–Crippen LogP) is 3.14. The Balaban J connectivity index is 0.00000432. The monoisotopic (exact) mass is 536 g/mol. The van der Waals surface area contributed by atoms with Crippen LogP contribution in [0.2, 0.25) is 0 Å². The first kappa shape index (κ1) is 28.5. The van der Waals surface area contributed by atoms with Crippen molar-refractivity contribution in [3.63, 3.8) is 0 Å². The van der Waals surface area contributed by atoms with E-state index in [2.05, 4.69) is 16.0 Å². The van der Waals surface area contributed by atoms with Gasteiger partial charge in [-0.05, 0) is 79.3 Å². The van der Waals surface area contributed by atoms with Crippen LogP contribution in [0.5, 0.6) is 5.75 Å². The van der Waals surface area contributed by atoms with E-state index in [0.29, 0.717) is 17.3 Å². The molecule has 0 aliphatic rings. The molecule has 0 unspecified atom stereocenters. The maximum atomic E-state index is 11.3. The molecule has 0 aliphatic heterocycles. The van der Waals surface area contributed by atoms with Gasteiger partial charge in [0.2, 0.25) is 10.0 Å². The summed E-state index contributed by atoms with van der Waals surface area (Å²) in [7, 11) is -3.73. The predicted molar refractivity (Wildman–Crippen MR) is 146 cm³/mol. The van der Waals surface area contributed by atoms with Crippen molar-refractivity contribution in [2.24, 2.45) is 5.14 Å². The average molecular weight is 537 g/mol. The fourth-order valence-electron chi connectivity index (χ4n) is 3.05. The van der Waals surface area contributed by atoms with Crippen LogP contribution in [0.4, 0.5) is 11.4 Å². The Bertz CT molecular complexity index is 1160. The number of primary sulfonamides is 1. The van der Waals surface area contributed by atoms with Gasteiger partial charge in [0.05, 0.1) is 4.90 Å². The van der Waals surface area contributed by atoms with Crippen molar-refractivity contribution >= 4 is 51.1 Å². The number of halogens is 1. The van der Waals surface area contributed by atoms with Crippen LogP contribution in [-0.2, 0) is 16.4 Å². The zero-order valence-electron chi connectivity index (χ0n) is 18.9. The molecule has 3 aromatic carbocycles. The fraction of sp³-hybridized carbons (Fsp3) is 0.208. The highest BCUT2D eigenvalue weighted by Crippen LogP contribution is 2.15. The molecular weight excluding hydrogens is 508 g/mol. The third-order valence-electron chi connectivity index (χ3n) is 4.81. The molecule has 188 valence electrons. The molecule has 0 radical (unpaired) electrons. The number of benzene rings is 3. The van der Waals surface area contributed by atoms with E-state index >= 15 is 0 Å². The Kier molecular flexibility index (Phi) is 11.4. The summed E-state index contributed by atoms with van der Waals surface area (Å²) in [6.07, 6.45) is 0.224. The van der Waals surface area contributed by atoms with Crippen molar-refractivity contribution in [1.29, 1.82) is 0 Å². The van der Waals surface area contributed by atoms with E-state index in [4.69, 9.17) is 22.1 Å². The van der Waals surface area contributed by atoms with Crippen molar-refractivity contribution in [2.45, 2.75) is 17.4 Å². The molecule has 11 heteroatoms. The van der Waals surface area contributed by atoms with Crippen LogP contribution in [0.25, 0.3) is 0 Å². The van der Waals surface area contributed by atoms with E-state index < -0.39 is 16.1 Å². The molecule has 0 amide bonds. The summed E-state index contributed by atoms with van der Waals surface area (Å²) in [5.41, 5.74) is 2.61. The number of nitrogens with one attached hydrogen (secondary N) is 3. The molecule has 0 fully saturated rings. The smallest absolute Gasteiger partial charge is 0.238 e. The minimum atomic E-state index is -3.73. The maximum absolute atomic E-state index is 11.3. The van der Waals surface area contributed by atoms with E-state index in [1.807, 2.05) is 54.6 Å². The van der Waals surface area contributed by atoms with Gasteiger partial charge in [0.15, 0.2) is 5.11 Å². The molecule has 3 rings (SSSR count). The van der Waals surface area contributed by atoms with Crippen LogP contribution in [0, 0.1) is 0 Å². The summed E-state index contributed by atoms with van der Waals surface area (Å²) in [6, 6.07) is 23.3. The first-order chi connectivity index (χ1) is 16.3. The summed E-state index contributed by atoms with van der Waals surface area (Å²) < 4.78 is 28.2. The molecule has 0 aromatic heterocycles. The SMILES string of the molecule is Cl.NS(=O)(=O)c1ccc(NC(=S)Nc2ccc(CCNC[C@H](O)COc3ccccc3)cc2)cc1. The zero-order chi connectivity index (χ0) is 24.4. The highest BCUT2D eigenvalue weighted by Gasteiger charge is 2.08. The van der Waals surface area contributed by atoms with Gasteiger partial charge in [-0.2, -0.15) is 0 Å². The van der Waals surface area contributed by atoms with E-state index in [-0.39, 0.29) is 23.9 Å². The zero-order valence-corrected chi connectivity index (χ0v) is 21.3. The lowest BCUT2D eigenvalue weighted by Crippen LogP contribution is -2.32. The number of hydrogen-bond donors (Lipinski definition) is 5. The summed E-state index contributed by atoms with van der Waals surface area (Å²) in [4.78, 5) is 0.0389. The van der Waals surface area contributed by atoms with Crippen LogP contribution in [-0.4, -0.2) is 44.4 Å². The standard InChI is InChI=1S/C24H28N4O4S2.ClH/c25-34(30,31)23-12-10-20(11-13-23)28-24(33)27-19-8-6-18(7-9-19)14-15-26-16-21(29)17-32-22-4-2-1-3-5-22;/h1-13,21,26,29H,14-17H2,(H2,25,30,31)(H2,27,28,33);1H/t21-;/m0./s1. The van der Waals surface area contributed by atoms with Gasteiger partial charge in [0.25, 0.3) is 0 Å². The molecular formula is C24H29ClN4O4S2. The first-order valence-corrected chi connectivity index (χ1v) is 12.6.